The van der Waals surface area contributed by atoms with Crippen molar-refractivity contribution in [2.24, 2.45) is 4.99 Å². The smallest absolute Gasteiger partial charge is 0.433 e. The van der Waals surface area contributed by atoms with Gasteiger partial charge in [-0.25, -0.2) is 4.79 Å². The molecule has 0 aromatic heterocycles. The Morgan fingerprint density at radius 1 is 1.04 bits per heavy atom. The molecule has 0 bridgehead atoms. The summed E-state index contributed by atoms with van der Waals surface area (Å²) in [5.41, 5.74) is 1.36. The molecule has 0 atom stereocenters. The fourth-order valence-corrected chi connectivity index (χ4v) is 2.56. The molecule has 2 amide bonds. The predicted molar refractivity (Wildman–Crippen MR) is 106 cm³/mol. The van der Waals surface area contributed by atoms with E-state index in [1.807, 2.05) is 6.92 Å². The van der Waals surface area contributed by atoms with E-state index in [-0.39, 0.29) is 24.6 Å². The minimum absolute atomic E-state index is 0.129. The largest absolute Gasteiger partial charge is 0.494 e. The number of nitrogens with zero attached hydrogens (tertiary/aromatic N) is 1. The van der Waals surface area contributed by atoms with Gasteiger partial charge >= 0.3 is 6.09 Å². The first kappa shape index (κ1) is 20.5. The number of carbonyl (C=O) groups excluding carboxylic acids is 2. The molecule has 0 spiro atoms. The van der Waals surface area contributed by atoms with E-state index >= 15 is 0 Å². The summed E-state index contributed by atoms with van der Waals surface area (Å²) in [6.07, 6.45) is -0.892. The van der Waals surface area contributed by atoms with E-state index < -0.39 is 6.09 Å². The third kappa shape index (κ3) is 6.42. The first-order valence-electron chi connectivity index (χ1n) is 8.55. The van der Waals surface area contributed by atoms with Gasteiger partial charge in [-0.3, -0.25) is 4.79 Å². The number of nitrogens with one attached hydrogen (secondary N) is 1. The third-order valence-corrected chi connectivity index (χ3v) is 3.79. The Balaban J connectivity index is 2.15. The van der Waals surface area contributed by atoms with E-state index in [0.717, 1.165) is 5.75 Å². The monoisotopic (exact) mass is 388 g/mol. The number of hydrogen-bond acceptors (Lipinski definition) is 4. The number of rotatable bonds is 7. The van der Waals surface area contributed by atoms with E-state index in [2.05, 4.69) is 10.3 Å². The van der Waals surface area contributed by atoms with Crippen LogP contribution in [-0.2, 0) is 9.53 Å². The molecule has 1 N–H and O–H groups in total. The third-order valence-electron chi connectivity index (χ3n) is 3.46. The number of hydrogen-bond donors (Lipinski definition) is 1. The van der Waals surface area contributed by atoms with Crippen LogP contribution in [-0.4, -0.2) is 30.9 Å². The molecule has 7 heteroatoms. The van der Waals surface area contributed by atoms with Gasteiger partial charge in [0.2, 0.25) is 5.91 Å². The van der Waals surface area contributed by atoms with Crippen molar-refractivity contribution in [1.82, 2.24) is 0 Å². The van der Waals surface area contributed by atoms with Crippen LogP contribution < -0.4 is 10.1 Å². The molecule has 0 fully saturated rings. The highest BCUT2D eigenvalue weighted by Gasteiger charge is 2.15. The second-order valence-electron chi connectivity index (χ2n) is 5.42. The van der Waals surface area contributed by atoms with Crippen molar-refractivity contribution in [2.75, 3.05) is 18.5 Å². The summed E-state index contributed by atoms with van der Waals surface area (Å²) in [6, 6.07) is 13.9. The number of ether oxygens (including phenoxy) is 2. The first-order valence-corrected chi connectivity index (χ1v) is 8.93. The molecule has 0 saturated carbocycles. The van der Waals surface area contributed by atoms with Gasteiger partial charge in [0.1, 0.15) is 5.75 Å². The van der Waals surface area contributed by atoms with Crippen molar-refractivity contribution in [2.45, 2.75) is 20.3 Å². The van der Waals surface area contributed by atoms with Gasteiger partial charge in [0.05, 0.1) is 25.3 Å². The van der Waals surface area contributed by atoms with Gasteiger partial charge in [0.15, 0.2) is 0 Å². The topological polar surface area (TPSA) is 77.0 Å². The van der Waals surface area contributed by atoms with Crippen molar-refractivity contribution in [3.63, 3.8) is 0 Å². The molecule has 6 nitrogen and oxygen atoms in total. The molecule has 0 aliphatic rings. The normalized spacial score (nSPS) is 11.0. The Morgan fingerprint density at radius 2 is 1.74 bits per heavy atom. The minimum atomic E-state index is -0.763. The number of anilines is 1. The van der Waals surface area contributed by atoms with Gasteiger partial charge in [-0.15, -0.1) is 0 Å². The van der Waals surface area contributed by atoms with Gasteiger partial charge in [0, 0.05) is 16.3 Å². The van der Waals surface area contributed by atoms with Crippen molar-refractivity contribution in [1.29, 1.82) is 0 Å². The van der Waals surface area contributed by atoms with E-state index in [9.17, 15) is 9.59 Å². The van der Waals surface area contributed by atoms with Crippen LogP contribution in [0.15, 0.2) is 53.5 Å². The fraction of sp³-hybridized carbons (Fsp3) is 0.250. The molecule has 0 saturated heterocycles. The maximum atomic E-state index is 12.4. The molecule has 0 unspecified atom stereocenters. The quantitative estimate of drug-likeness (QED) is 0.696. The number of amides is 2. The van der Waals surface area contributed by atoms with Crippen LogP contribution in [0.3, 0.4) is 0 Å². The van der Waals surface area contributed by atoms with Gasteiger partial charge in [-0.2, -0.15) is 4.99 Å². The Labute approximate surface area is 163 Å². The SMILES string of the molecule is CCOC(=O)N=C(CC(=O)Nc1ccc(OCC)cc1)c1ccccc1Cl. The van der Waals surface area contributed by atoms with Crippen LogP contribution in [0.4, 0.5) is 10.5 Å². The van der Waals surface area contributed by atoms with E-state index in [1.54, 1.807) is 55.5 Å². The standard InChI is InChI=1S/C20H21ClN2O4/c1-3-26-15-11-9-14(10-12-15)22-19(24)13-18(23-20(25)27-4-2)16-7-5-6-8-17(16)21/h5-12H,3-4,13H2,1-2H3,(H,22,24). The van der Waals surface area contributed by atoms with Gasteiger partial charge < -0.3 is 14.8 Å². The average Bonchev–Trinajstić information content (AvgIpc) is 2.63. The van der Waals surface area contributed by atoms with Gasteiger partial charge in [-0.05, 0) is 44.2 Å². The summed E-state index contributed by atoms with van der Waals surface area (Å²) >= 11 is 6.19. The first-order chi connectivity index (χ1) is 13.0. The van der Waals surface area contributed by atoms with Gasteiger partial charge in [-0.1, -0.05) is 29.8 Å². The summed E-state index contributed by atoms with van der Waals surface area (Å²) in [5, 5.41) is 3.16. The maximum Gasteiger partial charge on any atom is 0.433 e. The minimum Gasteiger partial charge on any atom is -0.494 e. The zero-order chi connectivity index (χ0) is 19.6. The van der Waals surface area contributed by atoms with Crippen molar-refractivity contribution in [3.05, 3.63) is 59.1 Å². The van der Waals surface area contributed by atoms with Crippen LogP contribution >= 0.6 is 11.6 Å². The van der Waals surface area contributed by atoms with Crippen molar-refractivity contribution < 1.29 is 19.1 Å². The lowest BCUT2D eigenvalue weighted by Gasteiger charge is -2.10. The highest BCUT2D eigenvalue weighted by Crippen LogP contribution is 2.19. The lowest BCUT2D eigenvalue weighted by atomic mass is 10.1. The van der Waals surface area contributed by atoms with Crippen LogP contribution in [0, 0.1) is 0 Å². The lowest BCUT2D eigenvalue weighted by Crippen LogP contribution is -2.19. The summed E-state index contributed by atoms with van der Waals surface area (Å²) in [5.74, 6) is 0.387. The second-order valence-corrected chi connectivity index (χ2v) is 5.83. The molecular weight excluding hydrogens is 368 g/mol. The fourth-order valence-electron chi connectivity index (χ4n) is 2.31. The van der Waals surface area contributed by atoms with Gasteiger partial charge in [0.25, 0.3) is 0 Å². The summed E-state index contributed by atoms with van der Waals surface area (Å²) in [6.45, 7) is 4.34. The summed E-state index contributed by atoms with van der Waals surface area (Å²) < 4.78 is 10.2. The zero-order valence-corrected chi connectivity index (χ0v) is 16.0. The van der Waals surface area contributed by atoms with E-state index in [4.69, 9.17) is 21.1 Å². The molecule has 2 aromatic carbocycles. The Morgan fingerprint density at radius 3 is 2.37 bits per heavy atom. The van der Waals surface area contributed by atoms with E-state index in [0.29, 0.717) is 22.9 Å². The Hall–Kier alpha value is -2.86. The molecule has 0 aliphatic carbocycles. The van der Waals surface area contributed by atoms with Crippen LogP contribution in [0.5, 0.6) is 5.75 Å². The molecule has 2 rings (SSSR count). The predicted octanol–water partition coefficient (Wildman–Crippen LogP) is 4.71. The van der Waals surface area contributed by atoms with Crippen molar-refractivity contribution >= 4 is 35.0 Å². The lowest BCUT2D eigenvalue weighted by molar-refractivity contribution is -0.115. The zero-order valence-electron chi connectivity index (χ0n) is 15.2. The molecule has 0 radical (unpaired) electrons. The van der Waals surface area contributed by atoms with Crippen molar-refractivity contribution in [3.8, 4) is 5.75 Å². The maximum absolute atomic E-state index is 12.4. The molecule has 0 heterocycles. The van der Waals surface area contributed by atoms with Crippen LogP contribution in [0.25, 0.3) is 0 Å². The molecule has 27 heavy (non-hydrogen) atoms. The Kier molecular flexibility index (Phi) is 7.82. The molecule has 142 valence electrons. The summed E-state index contributed by atoms with van der Waals surface area (Å²) in [4.78, 5) is 28.1. The molecular formula is C20H21ClN2O4. The molecule has 2 aromatic rings. The second kappa shape index (κ2) is 10.3. The Bertz CT molecular complexity index is 819. The van der Waals surface area contributed by atoms with Crippen LogP contribution in [0.1, 0.15) is 25.8 Å². The number of halogens is 1. The number of carbonyl (C=O) groups is 2. The van der Waals surface area contributed by atoms with E-state index in [1.165, 1.54) is 0 Å². The highest BCUT2D eigenvalue weighted by molar-refractivity contribution is 6.35. The average molecular weight is 389 g/mol. The molecule has 0 aliphatic heterocycles. The van der Waals surface area contributed by atoms with Crippen LogP contribution in [0.2, 0.25) is 5.02 Å². The highest BCUT2D eigenvalue weighted by atomic mass is 35.5. The summed E-state index contributed by atoms with van der Waals surface area (Å²) in [7, 11) is 0. The number of aliphatic imine (C=N–C) groups is 1. The number of benzene rings is 2.